The number of benzene rings is 2. The minimum Gasteiger partial charge on any atom is -0.351 e. The van der Waals surface area contributed by atoms with Crippen molar-refractivity contribution in [3.63, 3.8) is 0 Å². The molecule has 1 N–H and O–H groups in total. The van der Waals surface area contributed by atoms with Gasteiger partial charge in [0.1, 0.15) is 5.82 Å². The van der Waals surface area contributed by atoms with Gasteiger partial charge in [0.25, 0.3) is 0 Å². The third kappa shape index (κ3) is 4.97. The van der Waals surface area contributed by atoms with Crippen molar-refractivity contribution in [2.45, 2.75) is 37.9 Å². The zero-order valence-corrected chi connectivity index (χ0v) is 18.0. The van der Waals surface area contributed by atoms with Gasteiger partial charge < -0.3 is 5.32 Å². The number of para-hydroxylation sites is 1. The van der Waals surface area contributed by atoms with E-state index in [0.29, 0.717) is 27.3 Å². The summed E-state index contributed by atoms with van der Waals surface area (Å²) in [5, 5.41) is 12.3. The third-order valence-electron chi connectivity index (χ3n) is 4.54. The molecule has 3 rings (SSSR count). The van der Waals surface area contributed by atoms with Crippen LogP contribution in [-0.4, -0.2) is 32.0 Å². The second kappa shape index (κ2) is 8.97. The van der Waals surface area contributed by atoms with E-state index in [0.717, 1.165) is 6.42 Å². The number of nitrogens with zero attached hydrogens (tertiary/aromatic N) is 3. The van der Waals surface area contributed by atoms with Crippen LogP contribution < -0.4 is 5.32 Å². The first-order valence-corrected chi connectivity index (χ1v) is 10.6. The van der Waals surface area contributed by atoms with E-state index in [9.17, 15) is 9.18 Å². The first-order chi connectivity index (χ1) is 13.8. The second-order valence-corrected chi connectivity index (χ2v) is 8.50. The molecular formula is C21H22ClFN4OS. The molecule has 152 valence electrons. The predicted molar refractivity (Wildman–Crippen MR) is 115 cm³/mol. The molecule has 3 aromatic rings. The smallest absolute Gasteiger partial charge is 0.230 e. The summed E-state index contributed by atoms with van der Waals surface area (Å²) in [5.41, 5.74) is 0.636. The molecule has 0 unspecified atom stereocenters. The van der Waals surface area contributed by atoms with Crippen LogP contribution in [0.1, 0.15) is 27.2 Å². The van der Waals surface area contributed by atoms with Crippen molar-refractivity contribution >= 4 is 29.3 Å². The Morgan fingerprint density at radius 2 is 1.86 bits per heavy atom. The highest BCUT2D eigenvalue weighted by molar-refractivity contribution is 7.99. The number of halogens is 2. The fraction of sp³-hybridized carbons (Fsp3) is 0.286. The Balaban J connectivity index is 1.97. The van der Waals surface area contributed by atoms with Crippen LogP contribution in [0.15, 0.2) is 53.7 Å². The fourth-order valence-corrected chi connectivity index (χ4v) is 3.63. The lowest BCUT2D eigenvalue weighted by atomic mass is 10.0. The molecule has 0 aliphatic heterocycles. The van der Waals surface area contributed by atoms with E-state index in [1.165, 1.54) is 17.8 Å². The normalized spacial score (nSPS) is 11.5. The minimum absolute atomic E-state index is 0.121. The maximum atomic E-state index is 14.6. The summed E-state index contributed by atoms with van der Waals surface area (Å²) >= 11 is 7.54. The van der Waals surface area contributed by atoms with Gasteiger partial charge in [-0.05, 0) is 44.5 Å². The Hall–Kier alpha value is -2.38. The minimum atomic E-state index is -0.418. The van der Waals surface area contributed by atoms with Crippen LogP contribution in [0.5, 0.6) is 0 Å². The molecule has 1 heterocycles. The Labute approximate surface area is 178 Å². The summed E-state index contributed by atoms with van der Waals surface area (Å²) in [6.45, 7) is 5.94. The van der Waals surface area contributed by atoms with Crippen molar-refractivity contribution in [2.75, 3.05) is 5.75 Å². The second-order valence-electron chi connectivity index (χ2n) is 7.15. The van der Waals surface area contributed by atoms with Crippen molar-refractivity contribution in [2.24, 2.45) is 0 Å². The van der Waals surface area contributed by atoms with E-state index in [1.54, 1.807) is 34.9 Å². The van der Waals surface area contributed by atoms with Gasteiger partial charge in [-0.1, -0.05) is 54.6 Å². The molecule has 2 aromatic carbocycles. The first kappa shape index (κ1) is 21.3. The molecule has 5 nitrogen and oxygen atoms in total. The van der Waals surface area contributed by atoms with Crippen molar-refractivity contribution in [1.29, 1.82) is 0 Å². The van der Waals surface area contributed by atoms with E-state index >= 15 is 0 Å². The van der Waals surface area contributed by atoms with Gasteiger partial charge in [-0.3, -0.25) is 9.36 Å². The molecule has 0 atom stereocenters. The third-order valence-corrected chi connectivity index (χ3v) is 5.79. The van der Waals surface area contributed by atoms with Gasteiger partial charge in [0.15, 0.2) is 11.0 Å². The van der Waals surface area contributed by atoms with Crippen molar-refractivity contribution in [1.82, 2.24) is 20.1 Å². The van der Waals surface area contributed by atoms with Gasteiger partial charge in [-0.2, -0.15) is 0 Å². The van der Waals surface area contributed by atoms with Crippen LogP contribution in [0.4, 0.5) is 4.39 Å². The number of thioether (sulfide) groups is 1. The highest BCUT2D eigenvalue weighted by atomic mass is 35.5. The van der Waals surface area contributed by atoms with Gasteiger partial charge >= 0.3 is 0 Å². The average Bonchev–Trinajstić information content (AvgIpc) is 3.10. The SMILES string of the molecule is CCC(C)(C)NC(=O)CSc1nnc(-c2ccccc2Cl)n1-c1ccccc1F. The van der Waals surface area contributed by atoms with Crippen LogP contribution in [0.25, 0.3) is 17.1 Å². The highest BCUT2D eigenvalue weighted by Crippen LogP contribution is 2.32. The monoisotopic (exact) mass is 432 g/mol. The summed E-state index contributed by atoms with van der Waals surface area (Å²) in [6.07, 6.45) is 0.811. The molecule has 1 aromatic heterocycles. The summed E-state index contributed by atoms with van der Waals surface area (Å²) in [6, 6.07) is 13.5. The Kier molecular flexibility index (Phi) is 6.59. The van der Waals surface area contributed by atoms with Gasteiger partial charge in [0.2, 0.25) is 5.91 Å². The van der Waals surface area contributed by atoms with Gasteiger partial charge in [-0.15, -0.1) is 10.2 Å². The zero-order chi connectivity index (χ0) is 21.0. The van der Waals surface area contributed by atoms with Crippen molar-refractivity contribution < 1.29 is 9.18 Å². The van der Waals surface area contributed by atoms with E-state index in [2.05, 4.69) is 15.5 Å². The van der Waals surface area contributed by atoms with E-state index in [4.69, 9.17) is 11.6 Å². The lowest BCUT2D eigenvalue weighted by Gasteiger charge is -2.24. The number of hydrogen-bond acceptors (Lipinski definition) is 4. The van der Waals surface area contributed by atoms with Crippen LogP contribution in [0.3, 0.4) is 0 Å². The fourth-order valence-electron chi connectivity index (χ4n) is 2.66. The van der Waals surface area contributed by atoms with Gasteiger partial charge in [0.05, 0.1) is 16.5 Å². The topological polar surface area (TPSA) is 59.8 Å². The predicted octanol–water partition coefficient (Wildman–Crippen LogP) is 5.12. The van der Waals surface area contributed by atoms with Crippen LogP contribution in [0, 0.1) is 5.82 Å². The van der Waals surface area contributed by atoms with Gasteiger partial charge in [0, 0.05) is 11.1 Å². The van der Waals surface area contributed by atoms with Crippen LogP contribution in [0.2, 0.25) is 5.02 Å². The largest absolute Gasteiger partial charge is 0.351 e. The standard InChI is InChI=1S/C21H22ClFN4OS/c1-4-21(2,3)24-18(28)13-29-20-26-25-19(14-9-5-6-10-15(14)22)27(20)17-12-8-7-11-16(17)23/h5-12H,4,13H2,1-3H3,(H,24,28). The Morgan fingerprint density at radius 1 is 1.17 bits per heavy atom. The average molecular weight is 433 g/mol. The zero-order valence-electron chi connectivity index (χ0n) is 16.4. The summed E-state index contributed by atoms with van der Waals surface area (Å²) in [4.78, 5) is 12.4. The molecule has 0 aliphatic rings. The molecule has 0 spiro atoms. The lowest BCUT2D eigenvalue weighted by molar-refractivity contribution is -0.120. The van der Waals surface area contributed by atoms with E-state index in [1.807, 2.05) is 32.9 Å². The molecule has 0 radical (unpaired) electrons. The molecule has 29 heavy (non-hydrogen) atoms. The van der Waals surface area contributed by atoms with E-state index in [-0.39, 0.29) is 17.2 Å². The molecule has 0 aliphatic carbocycles. The van der Waals surface area contributed by atoms with E-state index < -0.39 is 5.82 Å². The number of hydrogen-bond donors (Lipinski definition) is 1. The highest BCUT2D eigenvalue weighted by Gasteiger charge is 2.22. The number of amides is 1. The van der Waals surface area contributed by atoms with Crippen molar-refractivity contribution in [3.05, 3.63) is 59.4 Å². The summed E-state index contributed by atoms with van der Waals surface area (Å²) in [5.74, 6) is 0.0131. The number of nitrogens with one attached hydrogen (secondary N) is 1. The lowest BCUT2D eigenvalue weighted by Crippen LogP contribution is -2.43. The molecule has 0 fully saturated rings. The first-order valence-electron chi connectivity index (χ1n) is 9.21. The number of carbonyl (C=O) groups is 1. The molecular weight excluding hydrogens is 411 g/mol. The van der Waals surface area contributed by atoms with Crippen LogP contribution in [-0.2, 0) is 4.79 Å². The van der Waals surface area contributed by atoms with Crippen LogP contribution >= 0.6 is 23.4 Å². The quantitative estimate of drug-likeness (QED) is 0.526. The summed E-state index contributed by atoms with van der Waals surface area (Å²) in [7, 11) is 0. The number of rotatable bonds is 7. The molecule has 1 amide bonds. The molecule has 8 heteroatoms. The maximum absolute atomic E-state index is 14.6. The number of carbonyl (C=O) groups excluding carboxylic acids is 1. The Bertz CT molecular complexity index is 1020. The summed E-state index contributed by atoms with van der Waals surface area (Å²) < 4.78 is 16.2. The Morgan fingerprint density at radius 3 is 2.55 bits per heavy atom. The number of aromatic nitrogens is 3. The van der Waals surface area contributed by atoms with Gasteiger partial charge in [-0.25, -0.2) is 4.39 Å². The molecule has 0 bridgehead atoms. The maximum Gasteiger partial charge on any atom is 0.230 e. The molecule has 0 saturated heterocycles. The van der Waals surface area contributed by atoms with Crippen molar-refractivity contribution in [3.8, 4) is 17.1 Å². The molecule has 0 saturated carbocycles.